The molecule has 0 radical (unpaired) electrons. The van der Waals surface area contributed by atoms with Crippen LogP contribution in [0.5, 0.6) is 0 Å². The number of aliphatic hydroxyl groups is 1. The van der Waals surface area contributed by atoms with Crippen LogP contribution in [0.15, 0.2) is 6.07 Å². The Morgan fingerprint density at radius 1 is 1.00 bits per heavy atom. The number of unbranched alkanes of at least 4 members (excludes halogenated alkanes) is 6. The lowest BCUT2D eigenvalue weighted by Gasteiger charge is -2.08. The molecule has 21 heavy (non-hydrogen) atoms. The molecule has 0 aromatic carbocycles. The van der Waals surface area contributed by atoms with E-state index in [0.29, 0.717) is 0 Å². The van der Waals surface area contributed by atoms with E-state index in [4.69, 9.17) is 0 Å². The van der Waals surface area contributed by atoms with Crippen LogP contribution in [0, 0.1) is 0 Å². The van der Waals surface area contributed by atoms with Gasteiger partial charge in [0.2, 0.25) is 0 Å². The molecule has 1 aliphatic rings. The smallest absolute Gasteiger partial charge is 0.0882 e. The van der Waals surface area contributed by atoms with Gasteiger partial charge in [-0.1, -0.05) is 58.3 Å². The molecule has 1 aromatic rings. The molecule has 1 aromatic heterocycles. The number of fused-ring (bicyclic) bond motifs is 1. The molecule has 0 saturated heterocycles. The summed E-state index contributed by atoms with van der Waals surface area (Å²) in [5.41, 5.74) is 1.53. The Labute approximate surface area is 134 Å². The maximum atomic E-state index is 10.4. The lowest BCUT2D eigenvalue weighted by Crippen LogP contribution is -1.94. The Hall–Kier alpha value is -0.340. The molecule has 0 spiro atoms. The van der Waals surface area contributed by atoms with Crippen LogP contribution in [0.2, 0.25) is 0 Å². The first-order valence-electron chi connectivity index (χ1n) is 9.10. The summed E-state index contributed by atoms with van der Waals surface area (Å²) >= 11 is 1.88. The van der Waals surface area contributed by atoms with Gasteiger partial charge in [-0.25, -0.2) is 0 Å². The summed E-state index contributed by atoms with van der Waals surface area (Å²) in [6, 6.07) is 2.30. The highest BCUT2D eigenvalue weighted by Crippen LogP contribution is 2.34. The van der Waals surface area contributed by atoms with Crippen molar-refractivity contribution in [3.8, 4) is 0 Å². The molecule has 1 N–H and O–H groups in total. The summed E-state index contributed by atoms with van der Waals surface area (Å²) in [5.74, 6) is 0. The van der Waals surface area contributed by atoms with Gasteiger partial charge >= 0.3 is 0 Å². The van der Waals surface area contributed by atoms with Crippen molar-refractivity contribution in [1.82, 2.24) is 0 Å². The molecule has 1 unspecified atom stereocenters. The number of hydrogen-bond donors (Lipinski definition) is 1. The maximum absolute atomic E-state index is 10.4. The van der Waals surface area contributed by atoms with Crippen molar-refractivity contribution >= 4 is 11.3 Å². The lowest BCUT2D eigenvalue weighted by molar-refractivity contribution is 0.167. The van der Waals surface area contributed by atoms with Crippen LogP contribution in [-0.4, -0.2) is 5.11 Å². The molecule has 1 nitrogen and oxygen atoms in total. The van der Waals surface area contributed by atoms with Gasteiger partial charge in [0, 0.05) is 9.75 Å². The van der Waals surface area contributed by atoms with E-state index >= 15 is 0 Å². The third-order valence-electron chi connectivity index (χ3n) is 4.68. The predicted octanol–water partition coefficient (Wildman–Crippen LogP) is 6.19. The van der Waals surface area contributed by atoms with Crippen molar-refractivity contribution in [2.24, 2.45) is 0 Å². The normalized spacial score (nSPS) is 16.5. The zero-order valence-corrected chi connectivity index (χ0v) is 14.5. The number of aliphatic hydroxyl groups excluding tert-OH is 1. The molecule has 1 atom stereocenters. The van der Waals surface area contributed by atoms with Crippen LogP contribution in [0.4, 0.5) is 0 Å². The second-order valence-corrected chi connectivity index (χ2v) is 7.75. The van der Waals surface area contributed by atoms with Crippen molar-refractivity contribution in [3.63, 3.8) is 0 Å². The van der Waals surface area contributed by atoms with Crippen molar-refractivity contribution in [1.29, 1.82) is 0 Å². The van der Waals surface area contributed by atoms with E-state index in [1.807, 2.05) is 11.3 Å². The second-order valence-electron chi connectivity index (χ2n) is 6.58. The van der Waals surface area contributed by atoms with Crippen LogP contribution < -0.4 is 0 Å². The highest BCUT2D eigenvalue weighted by molar-refractivity contribution is 7.12. The first kappa shape index (κ1) is 17.0. The van der Waals surface area contributed by atoms with Gasteiger partial charge in [-0.05, 0) is 43.7 Å². The zero-order valence-electron chi connectivity index (χ0n) is 13.7. The third kappa shape index (κ3) is 5.75. The van der Waals surface area contributed by atoms with E-state index in [0.717, 1.165) is 6.42 Å². The quantitative estimate of drug-likeness (QED) is 0.426. The molecular formula is C19H32OS. The Morgan fingerprint density at radius 3 is 2.52 bits per heavy atom. The maximum Gasteiger partial charge on any atom is 0.0882 e. The molecule has 0 bridgehead atoms. The summed E-state index contributed by atoms with van der Waals surface area (Å²) in [5, 5.41) is 10.4. The minimum atomic E-state index is -0.211. The van der Waals surface area contributed by atoms with Crippen LogP contribution in [0.1, 0.15) is 99.0 Å². The fourth-order valence-electron chi connectivity index (χ4n) is 3.29. The van der Waals surface area contributed by atoms with Gasteiger partial charge in [-0.3, -0.25) is 0 Å². The highest BCUT2D eigenvalue weighted by Gasteiger charge is 2.16. The van der Waals surface area contributed by atoms with E-state index in [1.165, 1.54) is 87.5 Å². The second kappa shape index (κ2) is 9.63. The first-order valence-corrected chi connectivity index (χ1v) is 9.92. The van der Waals surface area contributed by atoms with Gasteiger partial charge in [0.1, 0.15) is 0 Å². The van der Waals surface area contributed by atoms with Crippen LogP contribution in [0.25, 0.3) is 0 Å². The Balaban J connectivity index is 1.67. The van der Waals surface area contributed by atoms with Crippen molar-refractivity contribution < 1.29 is 5.11 Å². The standard InChI is InChI=1S/C19H32OS/c1-2-3-4-5-6-7-10-13-17(20)19-15-16-12-9-8-11-14-18(16)21-19/h15,17,20H,2-14H2,1H3. The van der Waals surface area contributed by atoms with Gasteiger partial charge in [-0.2, -0.15) is 0 Å². The number of hydrogen-bond acceptors (Lipinski definition) is 2. The molecule has 1 heterocycles. The predicted molar refractivity (Wildman–Crippen MR) is 93.1 cm³/mol. The minimum absolute atomic E-state index is 0.211. The largest absolute Gasteiger partial charge is 0.388 e. The van der Waals surface area contributed by atoms with E-state index < -0.39 is 0 Å². The van der Waals surface area contributed by atoms with E-state index in [9.17, 15) is 5.11 Å². The van der Waals surface area contributed by atoms with Gasteiger partial charge in [-0.15, -0.1) is 11.3 Å². The Kier molecular flexibility index (Phi) is 7.81. The summed E-state index contributed by atoms with van der Waals surface area (Å²) in [6.07, 6.45) is 16.5. The topological polar surface area (TPSA) is 20.2 Å². The lowest BCUT2D eigenvalue weighted by atomic mass is 10.0. The van der Waals surface area contributed by atoms with Crippen LogP contribution in [-0.2, 0) is 12.8 Å². The van der Waals surface area contributed by atoms with E-state index in [1.54, 1.807) is 4.88 Å². The summed E-state index contributed by atoms with van der Waals surface area (Å²) in [4.78, 5) is 2.79. The fraction of sp³-hybridized carbons (Fsp3) is 0.789. The fourth-order valence-corrected chi connectivity index (χ4v) is 4.57. The molecule has 2 heteroatoms. The molecule has 0 saturated carbocycles. The van der Waals surface area contributed by atoms with Gasteiger partial charge in [0.15, 0.2) is 0 Å². The number of aryl methyl sites for hydroxylation is 2. The van der Waals surface area contributed by atoms with Gasteiger partial charge in [0.25, 0.3) is 0 Å². The summed E-state index contributed by atoms with van der Waals surface area (Å²) < 4.78 is 0. The average molecular weight is 309 g/mol. The summed E-state index contributed by atoms with van der Waals surface area (Å²) in [6.45, 7) is 2.26. The Bertz CT molecular complexity index is 373. The van der Waals surface area contributed by atoms with Crippen LogP contribution in [0.3, 0.4) is 0 Å². The molecule has 0 amide bonds. The van der Waals surface area contributed by atoms with Gasteiger partial charge < -0.3 is 5.11 Å². The molecule has 120 valence electrons. The molecular weight excluding hydrogens is 276 g/mol. The van der Waals surface area contributed by atoms with Crippen molar-refractivity contribution in [2.45, 2.75) is 96.5 Å². The van der Waals surface area contributed by atoms with Crippen LogP contribution >= 0.6 is 11.3 Å². The molecule has 0 aliphatic heterocycles. The van der Waals surface area contributed by atoms with Crippen molar-refractivity contribution in [3.05, 3.63) is 21.4 Å². The Morgan fingerprint density at radius 2 is 1.71 bits per heavy atom. The minimum Gasteiger partial charge on any atom is -0.388 e. The van der Waals surface area contributed by atoms with E-state index in [-0.39, 0.29) is 6.10 Å². The highest BCUT2D eigenvalue weighted by atomic mass is 32.1. The van der Waals surface area contributed by atoms with Crippen molar-refractivity contribution in [2.75, 3.05) is 0 Å². The van der Waals surface area contributed by atoms with E-state index in [2.05, 4.69) is 13.0 Å². The molecule has 1 aliphatic carbocycles. The third-order valence-corrected chi connectivity index (χ3v) is 6.01. The average Bonchev–Trinajstić information content (AvgIpc) is 2.77. The monoisotopic (exact) mass is 308 g/mol. The molecule has 0 fully saturated rings. The molecule has 2 rings (SSSR count). The number of rotatable bonds is 9. The van der Waals surface area contributed by atoms with Gasteiger partial charge in [0.05, 0.1) is 6.10 Å². The SMILES string of the molecule is CCCCCCCCCC(O)c1cc2c(s1)CCCCC2. The number of thiophene rings is 1. The summed E-state index contributed by atoms with van der Waals surface area (Å²) in [7, 11) is 0. The first-order chi connectivity index (χ1) is 10.3. The zero-order chi connectivity index (χ0) is 14.9.